The first-order chi connectivity index (χ1) is 13.0. The van der Waals surface area contributed by atoms with Gasteiger partial charge in [-0.25, -0.2) is 4.98 Å². The number of carbonyl (C=O) groups excluding carboxylic acids is 1. The molecule has 0 atom stereocenters. The normalized spacial score (nSPS) is 15.2. The van der Waals surface area contributed by atoms with Crippen LogP contribution in [0.2, 0.25) is 0 Å². The van der Waals surface area contributed by atoms with E-state index in [0.29, 0.717) is 17.6 Å². The number of benzene rings is 1. The van der Waals surface area contributed by atoms with Crippen molar-refractivity contribution >= 4 is 33.6 Å². The predicted octanol–water partition coefficient (Wildman–Crippen LogP) is 4.96. The third-order valence-electron chi connectivity index (χ3n) is 4.45. The molecule has 4 nitrogen and oxygen atoms in total. The summed E-state index contributed by atoms with van der Waals surface area (Å²) in [7, 11) is 0. The molecule has 2 heterocycles. The van der Waals surface area contributed by atoms with E-state index in [-0.39, 0.29) is 12.0 Å². The number of nitrogens with zero attached hydrogens (tertiary/aromatic N) is 2. The van der Waals surface area contributed by atoms with Crippen molar-refractivity contribution < 1.29 is 9.53 Å². The average molecular weight is 449 g/mol. The monoisotopic (exact) mass is 448 g/mol. The molecule has 144 valence electrons. The molecule has 3 rings (SSSR count). The third-order valence-corrected chi connectivity index (χ3v) is 6.07. The molecule has 0 spiro atoms. The zero-order valence-electron chi connectivity index (χ0n) is 15.7. The number of carbonyl (C=O) groups is 1. The van der Waals surface area contributed by atoms with E-state index in [1.54, 1.807) is 6.20 Å². The summed E-state index contributed by atoms with van der Waals surface area (Å²) in [4.78, 5) is 20.1. The molecule has 0 radical (unpaired) electrons. The van der Waals surface area contributed by atoms with Crippen molar-refractivity contribution in [1.82, 2.24) is 9.88 Å². The molecule has 0 aliphatic carbocycles. The van der Waals surface area contributed by atoms with E-state index in [4.69, 9.17) is 4.74 Å². The van der Waals surface area contributed by atoms with Gasteiger partial charge in [-0.1, -0.05) is 26.0 Å². The Morgan fingerprint density at radius 3 is 2.59 bits per heavy atom. The van der Waals surface area contributed by atoms with Gasteiger partial charge in [0.1, 0.15) is 6.10 Å². The van der Waals surface area contributed by atoms with Gasteiger partial charge in [0.25, 0.3) is 0 Å². The fourth-order valence-corrected chi connectivity index (χ4v) is 4.27. The van der Waals surface area contributed by atoms with E-state index in [0.717, 1.165) is 36.0 Å². The minimum atomic E-state index is 0.104. The second-order valence-corrected chi connectivity index (χ2v) is 9.48. The summed E-state index contributed by atoms with van der Waals surface area (Å²) in [5.74, 6) is 0.818. The Hall–Kier alpha value is -1.53. The van der Waals surface area contributed by atoms with Crippen LogP contribution in [-0.2, 0) is 11.2 Å². The molecule has 0 N–H and O–H groups in total. The van der Waals surface area contributed by atoms with Gasteiger partial charge in [0.05, 0.1) is 10.9 Å². The van der Waals surface area contributed by atoms with E-state index in [1.165, 1.54) is 4.90 Å². The number of hydrogen-bond acceptors (Lipinski definition) is 4. The Bertz CT molecular complexity index is 759. The summed E-state index contributed by atoms with van der Waals surface area (Å²) in [5.41, 5.74) is 1.07. The molecule has 1 aromatic carbocycles. The smallest absolute Gasteiger partial charge is 0.228 e. The maximum absolute atomic E-state index is 12.6. The van der Waals surface area contributed by atoms with Gasteiger partial charge in [0.2, 0.25) is 11.8 Å². The summed E-state index contributed by atoms with van der Waals surface area (Å²) < 4.78 is 6.84. The van der Waals surface area contributed by atoms with Crippen LogP contribution in [0.3, 0.4) is 0 Å². The lowest BCUT2D eigenvalue weighted by molar-refractivity contribution is -0.132. The van der Waals surface area contributed by atoms with Gasteiger partial charge in [0.15, 0.2) is 0 Å². The topological polar surface area (TPSA) is 42.4 Å². The summed E-state index contributed by atoms with van der Waals surface area (Å²) >= 11 is 5.30. The van der Waals surface area contributed by atoms with Crippen molar-refractivity contribution in [3.63, 3.8) is 0 Å². The molecule has 1 saturated heterocycles. The first-order valence-electron chi connectivity index (χ1n) is 9.32. The van der Waals surface area contributed by atoms with Crippen LogP contribution >= 0.6 is 27.7 Å². The predicted molar refractivity (Wildman–Crippen MR) is 113 cm³/mol. The highest BCUT2D eigenvalue weighted by atomic mass is 79.9. The molecule has 2 aromatic rings. The Labute approximate surface area is 173 Å². The van der Waals surface area contributed by atoms with E-state index in [1.807, 2.05) is 28.8 Å². The van der Waals surface area contributed by atoms with Crippen molar-refractivity contribution in [2.24, 2.45) is 0 Å². The van der Waals surface area contributed by atoms with Crippen LogP contribution in [0.25, 0.3) is 0 Å². The number of ether oxygens (including phenoxy) is 1. The van der Waals surface area contributed by atoms with Crippen LogP contribution in [0.5, 0.6) is 5.88 Å². The standard InChI is InChI=1S/C21H25BrN2O2S/c1-15(2)27-18-7-5-16(6-8-18)14-20(25)24-12-9-17(10-13-24)26-21-19(22)4-3-11-23-21/h3-8,11,15,17H,9-10,12-14H2,1-2H3. The quantitative estimate of drug-likeness (QED) is 0.585. The van der Waals surface area contributed by atoms with Crippen LogP contribution in [0, 0.1) is 0 Å². The lowest BCUT2D eigenvalue weighted by Crippen LogP contribution is -2.42. The molecule has 1 aromatic heterocycles. The van der Waals surface area contributed by atoms with Crippen LogP contribution in [0.1, 0.15) is 32.3 Å². The highest BCUT2D eigenvalue weighted by molar-refractivity contribution is 9.10. The number of piperidine rings is 1. The summed E-state index contributed by atoms with van der Waals surface area (Å²) in [6, 6.07) is 12.1. The molecule has 0 saturated carbocycles. The summed E-state index contributed by atoms with van der Waals surface area (Å²) in [6.07, 6.45) is 3.96. The largest absolute Gasteiger partial charge is 0.473 e. The van der Waals surface area contributed by atoms with Gasteiger partial charge >= 0.3 is 0 Å². The zero-order valence-corrected chi connectivity index (χ0v) is 18.1. The van der Waals surface area contributed by atoms with Gasteiger partial charge in [0, 0.05) is 42.3 Å². The van der Waals surface area contributed by atoms with E-state index >= 15 is 0 Å². The first kappa shape index (κ1) is 20.2. The maximum atomic E-state index is 12.6. The average Bonchev–Trinajstić information content (AvgIpc) is 2.65. The molecule has 27 heavy (non-hydrogen) atoms. The number of likely N-dealkylation sites (tertiary alicyclic amines) is 1. The summed E-state index contributed by atoms with van der Waals surface area (Å²) in [6.45, 7) is 5.83. The van der Waals surface area contributed by atoms with Gasteiger partial charge in [-0.15, -0.1) is 11.8 Å². The van der Waals surface area contributed by atoms with Gasteiger partial charge in [-0.3, -0.25) is 4.79 Å². The van der Waals surface area contributed by atoms with Gasteiger partial charge < -0.3 is 9.64 Å². The summed E-state index contributed by atoms with van der Waals surface area (Å²) in [5, 5.41) is 0.563. The molecule has 6 heteroatoms. The van der Waals surface area contributed by atoms with Crippen LogP contribution in [-0.4, -0.2) is 40.2 Å². The first-order valence-corrected chi connectivity index (χ1v) is 11.0. The minimum Gasteiger partial charge on any atom is -0.473 e. The number of hydrogen-bond donors (Lipinski definition) is 0. The van der Waals surface area contributed by atoms with E-state index in [2.05, 4.69) is 59.0 Å². The highest BCUT2D eigenvalue weighted by Crippen LogP contribution is 2.25. The molecular weight excluding hydrogens is 424 g/mol. The lowest BCUT2D eigenvalue weighted by Gasteiger charge is -2.32. The molecular formula is C21H25BrN2O2S. The van der Waals surface area contributed by atoms with Crippen molar-refractivity contribution in [2.45, 2.75) is 49.4 Å². The maximum Gasteiger partial charge on any atom is 0.228 e. The van der Waals surface area contributed by atoms with Crippen molar-refractivity contribution in [3.8, 4) is 5.88 Å². The van der Waals surface area contributed by atoms with E-state index < -0.39 is 0 Å². The van der Waals surface area contributed by atoms with Crippen molar-refractivity contribution in [3.05, 3.63) is 52.6 Å². The second-order valence-electron chi connectivity index (χ2n) is 6.98. The molecule has 1 aliphatic rings. The minimum absolute atomic E-state index is 0.104. The molecule has 1 amide bonds. The number of amides is 1. The Balaban J connectivity index is 1.47. The Morgan fingerprint density at radius 2 is 1.96 bits per heavy atom. The second kappa shape index (κ2) is 9.60. The fraction of sp³-hybridized carbons (Fsp3) is 0.429. The van der Waals surface area contributed by atoms with Crippen LogP contribution in [0.4, 0.5) is 0 Å². The molecule has 0 unspecified atom stereocenters. The number of rotatable bonds is 6. The van der Waals surface area contributed by atoms with Crippen LogP contribution in [0.15, 0.2) is 52.0 Å². The number of thioether (sulfide) groups is 1. The number of aromatic nitrogens is 1. The van der Waals surface area contributed by atoms with Gasteiger partial charge in [-0.2, -0.15) is 0 Å². The Morgan fingerprint density at radius 1 is 1.26 bits per heavy atom. The molecule has 0 bridgehead atoms. The van der Waals surface area contributed by atoms with Crippen molar-refractivity contribution in [1.29, 1.82) is 0 Å². The number of pyridine rings is 1. The van der Waals surface area contributed by atoms with E-state index in [9.17, 15) is 4.79 Å². The highest BCUT2D eigenvalue weighted by Gasteiger charge is 2.24. The number of halogens is 1. The van der Waals surface area contributed by atoms with Gasteiger partial charge in [-0.05, 0) is 45.8 Å². The molecule has 1 aliphatic heterocycles. The Kier molecular flexibility index (Phi) is 7.19. The molecule has 1 fully saturated rings. The third kappa shape index (κ3) is 5.98. The lowest BCUT2D eigenvalue weighted by atomic mass is 10.1. The van der Waals surface area contributed by atoms with Crippen molar-refractivity contribution in [2.75, 3.05) is 13.1 Å². The zero-order chi connectivity index (χ0) is 19.2. The fourth-order valence-electron chi connectivity index (χ4n) is 3.08. The van der Waals surface area contributed by atoms with Crippen LogP contribution < -0.4 is 4.74 Å². The SMILES string of the molecule is CC(C)Sc1ccc(CC(=O)N2CCC(Oc3ncccc3Br)CC2)cc1.